The van der Waals surface area contributed by atoms with Crippen molar-refractivity contribution in [2.75, 3.05) is 27.8 Å². The van der Waals surface area contributed by atoms with Crippen molar-refractivity contribution in [2.24, 2.45) is 0 Å². The fraction of sp³-hybridized carbons (Fsp3) is 0.364. The summed E-state index contributed by atoms with van der Waals surface area (Å²) in [4.78, 5) is 11.9. The van der Waals surface area contributed by atoms with Gasteiger partial charge in [0.15, 0.2) is 17.3 Å². The number of carbonyl (C=O) groups excluding carboxylic acids is 1. The number of phenolic OH excluding ortho intramolecular Hbond substituents is 1. The number of halogens is 1. The number of hydrogen-bond donors (Lipinski definition) is 2. The number of likely N-dealkylation sites (N-methyl/N-ethyl adjacent to an activating group) is 1. The lowest BCUT2D eigenvalue weighted by Crippen LogP contribution is -2.19. The molecular formula is C11H14BrNO4. The van der Waals surface area contributed by atoms with Gasteiger partial charge in [-0.2, -0.15) is 0 Å². The SMILES string of the molecule is CNCC(=O)c1c(O)c(Br)cc(OC)c1OC. The third kappa shape index (κ3) is 2.70. The number of rotatable bonds is 5. The van der Waals surface area contributed by atoms with E-state index in [2.05, 4.69) is 21.2 Å². The van der Waals surface area contributed by atoms with Crippen LogP contribution in [-0.4, -0.2) is 38.7 Å². The monoisotopic (exact) mass is 303 g/mol. The average molecular weight is 304 g/mol. The molecule has 6 heteroatoms. The van der Waals surface area contributed by atoms with Crippen LogP contribution in [0.1, 0.15) is 10.4 Å². The zero-order chi connectivity index (χ0) is 13.0. The van der Waals surface area contributed by atoms with Crippen molar-refractivity contribution in [3.63, 3.8) is 0 Å². The molecule has 1 rings (SSSR count). The molecule has 0 saturated heterocycles. The van der Waals surface area contributed by atoms with E-state index in [1.165, 1.54) is 14.2 Å². The van der Waals surface area contributed by atoms with Gasteiger partial charge in [-0.25, -0.2) is 0 Å². The van der Waals surface area contributed by atoms with Crippen LogP contribution in [0, 0.1) is 0 Å². The van der Waals surface area contributed by atoms with E-state index in [0.717, 1.165) is 0 Å². The molecule has 0 fully saturated rings. The maximum absolute atomic E-state index is 11.9. The summed E-state index contributed by atoms with van der Waals surface area (Å²) < 4.78 is 10.6. The largest absolute Gasteiger partial charge is 0.506 e. The number of methoxy groups -OCH3 is 2. The lowest BCUT2D eigenvalue weighted by Gasteiger charge is -2.14. The Labute approximate surface area is 108 Å². The van der Waals surface area contributed by atoms with Crippen molar-refractivity contribution < 1.29 is 19.4 Å². The van der Waals surface area contributed by atoms with E-state index in [-0.39, 0.29) is 29.4 Å². The van der Waals surface area contributed by atoms with Crippen molar-refractivity contribution in [3.8, 4) is 17.2 Å². The van der Waals surface area contributed by atoms with Crippen LogP contribution < -0.4 is 14.8 Å². The highest BCUT2D eigenvalue weighted by Gasteiger charge is 2.23. The maximum atomic E-state index is 11.9. The molecule has 0 aliphatic carbocycles. The zero-order valence-corrected chi connectivity index (χ0v) is 11.4. The molecule has 0 heterocycles. The van der Waals surface area contributed by atoms with Crippen LogP contribution in [0.4, 0.5) is 0 Å². The van der Waals surface area contributed by atoms with Gasteiger partial charge in [0, 0.05) is 6.07 Å². The summed E-state index contributed by atoms with van der Waals surface area (Å²) >= 11 is 3.16. The number of ether oxygens (including phenoxy) is 2. The Morgan fingerprint density at radius 1 is 1.47 bits per heavy atom. The third-order valence-electron chi connectivity index (χ3n) is 2.21. The molecule has 0 amide bonds. The molecule has 94 valence electrons. The van der Waals surface area contributed by atoms with E-state index in [9.17, 15) is 9.90 Å². The van der Waals surface area contributed by atoms with Crippen LogP contribution in [0.5, 0.6) is 17.2 Å². The second-order valence-electron chi connectivity index (χ2n) is 3.27. The molecule has 2 N–H and O–H groups in total. The Hall–Kier alpha value is -1.27. The van der Waals surface area contributed by atoms with Gasteiger partial charge in [0.1, 0.15) is 11.3 Å². The van der Waals surface area contributed by atoms with E-state index < -0.39 is 0 Å². The second-order valence-corrected chi connectivity index (χ2v) is 4.13. The summed E-state index contributed by atoms with van der Waals surface area (Å²) in [5, 5.41) is 12.6. The second kappa shape index (κ2) is 5.88. The molecule has 0 aromatic heterocycles. The van der Waals surface area contributed by atoms with E-state index in [1.54, 1.807) is 13.1 Å². The van der Waals surface area contributed by atoms with Crippen LogP contribution in [0.15, 0.2) is 10.5 Å². The molecule has 0 atom stereocenters. The van der Waals surface area contributed by atoms with Gasteiger partial charge in [0.05, 0.1) is 25.2 Å². The quantitative estimate of drug-likeness (QED) is 0.808. The van der Waals surface area contributed by atoms with Crippen molar-refractivity contribution in [3.05, 3.63) is 16.1 Å². The van der Waals surface area contributed by atoms with Crippen LogP contribution >= 0.6 is 15.9 Å². The third-order valence-corrected chi connectivity index (χ3v) is 2.82. The molecule has 0 spiro atoms. The molecule has 5 nitrogen and oxygen atoms in total. The predicted octanol–water partition coefficient (Wildman–Crippen LogP) is 1.57. The summed E-state index contributed by atoms with van der Waals surface area (Å²) in [5.41, 5.74) is 0.105. The molecule has 0 saturated carbocycles. The minimum absolute atomic E-state index is 0.101. The first-order valence-electron chi connectivity index (χ1n) is 4.88. The molecule has 1 aromatic carbocycles. The first kappa shape index (κ1) is 13.8. The van der Waals surface area contributed by atoms with Crippen LogP contribution in [-0.2, 0) is 0 Å². The van der Waals surface area contributed by atoms with Gasteiger partial charge in [-0.3, -0.25) is 4.79 Å². The topological polar surface area (TPSA) is 67.8 Å². The average Bonchev–Trinajstić information content (AvgIpc) is 2.31. The van der Waals surface area contributed by atoms with Crippen molar-refractivity contribution in [1.82, 2.24) is 5.32 Å². The maximum Gasteiger partial charge on any atom is 0.184 e. The summed E-state index contributed by atoms with van der Waals surface area (Å²) in [6.45, 7) is 0.101. The fourth-order valence-electron chi connectivity index (χ4n) is 1.46. The van der Waals surface area contributed by atoms with Gasteiger partial charge in [0.2, 0.25) is 0 Å². The van der Waals surface area contributed by atoms with Crippen LogP contribution in [0.2, 0.25) is 0 Å². The number of phenols is 1. The fourth-order valence-corrected chi connectivity index (χ4v) is 1.87. The molecule has 17 heavy (non-hydrogen) atoms. The summed E-state index contributed by atoms with van der Waals surface area (Å²) in [6.07, 6.45) is 0. The number of Topliss-reactive ketones (excluding diaryl/α,β-unsaturated/α-hetero) is 1. The lowest BCUT2D eigenvalue weighted by molar-refractivity contribution is 0.0987. The number of hydrogen-bond acceptors (Lipinski definition) is 5. The van der Waals surface area contributed by atoms with Crippen molar-refractivity contribution in [2.45, 2.75) is 0 Å². The van der Waals surface area contributed by atoms with Gasteiger partial charge in [-0.15, -0.1) is 0 Å². The Kier molecular flexibility index (Phi) is 4.77. The van der Waals surface area contributed by atoms with Gasteiger partial charge in [-0.1, -0.05) is 0 Å². The minimum atomic E-state index is -0.276. The Balaban J connectivity index is 3.43. The summed E-state index contributed by atoms with van der Waals surface area (Å²) in [7, 11) is 4.53. The Morgan fingerprint density at radius 2 is 2.12 bits per heavy atom. The predicted molar refractivity (Wildman–Crippen MR) is 67.2 cm³/mol. The lowest BCUT2D eigenvalue weighted by atomic mass is 10.1. The standard InChI is InChI=1S/C11H14BrNO4/c1-13-5-7(14)9-10(15)6(12)4-8(16-2)11(9)17-3/h4,13,15H,5H2,1-3H3. The molecular weight excluding hydrogens is 290 g/mol. The highest BCUT2D eigenvalue weighted by atomic mass is 79.9. The van der Waals surface area contributed by atoms with Gasteiger partial charge in [-0.05, 0) is 23.0 Å². The minimum Gasteiger partial charge on any atom is -0.506 e. The molecule has 0 aliphatic heterocycles. The van der Waals surface area contributed by atoms with E-state index >= 15 is 0 Å². The zero-order valence-electron chi connectivity index (χ0n) is 9.83. The number of nitrogens with one attached hydrogen (secondary N) is 1. The van der Waals surface area contributed by atoms with Crippen LogP contribution in [0.3, 0.4) is 0 Å². The van der Waals surface area contributed by atoms with E-state index in [1.807, 2.05) is 0 Å². The summed E-state index contributed by atoms with van der Waals surface area (Å²) in [6, 6.07) is 1.55. The normalized spacial score (nSPS) is 10.1. The van der Waals surface area contributed by atoms with Crippen molar-refractivity contribution in [1.29, 1.82) is 0 Å². The molecule has 0 radical (unpaired) electrons. The molecule has 0 aliphatic rings. The van der Waals surface area contributed by atoms with Gasteiger partial charge < -0.3 is 19.9 Å². The Bertz CT molecular complexity index is 434. The molecule has 0 bridgehead atoms. The highest BCUT2D eigenvalue weighted by molar-refractivity contribution is 9.10. The Morgan fingerprint density at radius 3 is 2.59 bits per heavy atom. The first-order chi connectivity index (χ1) is 8.06. The smallest absolute Gasteiger partial charge is 0.184 e. The first-order valence-corrected chi connectivity index (χ1v) is 5.67. The van der Waals surface area contributed by atoms with Crippen molar-refractivity contribution >= 4 is 21.7 Å². The number of ketones is 1. The molecule has 1 aromatic rings. The number of benzene rings is 1. The number of aromatic hydroxyl groups is 1. The number of carbonyl (C=O) groups is 1. The van der Waals surface area contributed by atoms with Crippen LogP contribution in [0.25, 0.3) is 0 Å². The van der Waals surface area contributed by atoms with Gasteiger partial charge >= 0.3 is 0 Å². The van der Waals surface area contributed by atoms with E-state index in [4.69, 9.17) is 9.47 Å². The van der Waals surface area contributed by atoms with Gasteiger partial charge in [0.25, 0.3) is 0 Å². The molecule has 0 unspecified atom stereocenters. The summed E-state index contributed by atoms with van der Waals surface area (Å²) in [5.74, 6) is 0.189. The highest BCUT2D eigenvalue weighted by Crippen LogP contribution is 2.42. The van der Waals surface area contributed by atoms with E-state index in [0.29, 0.717) is 10.2 Å².